The van der Waals surface area contributed by atoms with E-state index < -0.39 is 23.2 Å². The van der Waals surface area contributed by atoms with E-state index in [1.165, 1.54) is 0 Å². The van der Waals surface area contributed by atoms with Crippen molar-refractivity contribution in [3.8, 4) is 5.75 Å². The number of rotatable bonds is 3. The van der Waals surface area contributed by atoms with E-state index in [2.05, 4.69) is 0 Å². The van der Waals surface area contributed by atoms with Crippen molar-refractivity contribution in [1.82, 2.24) is 4.90 Å². The van der Waals surface area contributed by atoms with Gasteiger partial charge in [-0.15, -0.1) is 0 Å². The Morgan fingerprint density at radius 3 is 2.11 bits per heavy atom. The Labute approximate surface area is 161 Å². The molecular weight excluding hydrogens is 346 g/mol. The van der Waals surface area contributed by atoms with Crippen LogP contribution in [-0.2, 0) is 14.3 Å². The minimum atomic E-state index is -0.596. The van der Waals surface area contributed by atoms with E-state index in [9.17, 15) is 9.59 Å². The molecule has 1 amide bonds. The molecule has 0 aromatic heterocycles. The van der Waals surface area contributed by atoms with Gasteiger partial charge < -0.3 is 19.1 Å². The summed E-state index contributed by atoms with van der Waals surface area (Å²) < 4.78 is 16.6. The van der Waals surface area contributed by atoms with E-state index in [1.54, 1.807) is 12.0 Å². The van der Waals surface area contributed by atoms with Crippen molar-refractivity contribution in [1.29, 1.82) is 0 Å². The number of hydrogen-bond donors (Lipinski definition) is 0. The summed E-state index contributed by atoms with van der Waals surface area (Å²) in [6, 6.07) is 7.57. The predicted molar refractivity (Wildman–Crippen MR) is 103 cm³/mol. The van der Waals surface area contributed by atoms with Crippen LogP contribution in [0.4, 0.5) is 4.79 Å². The van der Waals surface area contributed by atoms with Gasteiger partial charge in [-0.05, 0) is 53.2 Å². The predicted octanol–water partition coefficient (Wildman–Crippen LogP) is 3.99. The molecule has 6 heteroatoms. The van der Waals surface area contributed by atoms with Gasteiger partial charge in [0.15, 0.2) is 0 Å². The highest BCUT2D eigenvalue weighted by molar-refractivity contribution is 5.78. The van der Waals surface area contributed by atoms with Gasteiger partial charge in [-0.3, -0.25) is 4.79 Å². The van der Waals surface area contributed by atoms with Gasteiger partial charge in [0.05, 0.1) is 13.0 Å². The maximum Gasteiger partial charge on any atom is 0.410 e. The molecule has 0 N–H and O–H groups in total. The molecule has 1 aliphatic rings. The third kappa shape index (κ3) is 5.62. The highest BCUT2D eigenvalue weighted by atomic mass is 16.6. The first-order valence-corrected chi connectivity index (χ1v) is 9.25. The van der Waals surface area contributed by atoms with Crippen molar-refractivity contribution < 1.29 is 23.8 Å². The zero-order valence-corrected chi connectivity index (χ0v) is 17.4. The number of amides is 1. The van der Waals surface area contributed by atoms with Gasteiger partial charge in [-0.1, -0.05) is 18.2 Å². The smallest absolute Gasteiger partial charge is 0.410 e. The zero-order valence-electron chi connectivity index (χ0n) is 17.4. The molecule has 27 heavy (non-hydrogen) atoms. The second kappa shape index (κ2) is 7.79. The van der Waals surface area contributed by atoms with Crippen LogP contribution in [-0.4, -0.2) is 48.4 Å². The first-order valence-electron chi connectivity index (χ1n) is 9.25. The lowest BCUT2D eigenvalue weighted by molar-refractivity contribution is -0.159. The zero-order chi connectivity index (χ0) is 20.4. The molecule has 1 aliphatic heterocycles. The number of esters is 1. The molecule has 0 saturated carbocycles. The van der Waals surface area contributed by atoms with Gasteiger partial charge in [0.1, 0.15) is 17.0 Å². The lowest BCUT2D eigenvalue weighted by atomic mass is 9.88. The van der Waals surface area contributed by atoms with Crippen molar-refractivity contribution in [3.63, 3.8) is 0 Å². The first-order chi connectivity index (χ1) is 12.4. The van der Waals surface area contributed by atoms with E-state index >= 15 is 0 Å². The van der Waals surface area contributed by atoms with E-state index in [4.69, 9.17) is 14.2 Å². The Balaban J connectivity index is 2.32. The Morgan fingerprint density at radius 2 is 1.56 bits per heavy atom. The first kappa shape index (κ1) is 21.1. The number of hydrogen-bond acceptors (Lipinski definition) is 5. The highest BCUT2D eigenvalue weighted by Crippen LogP contribution is 2.39. The molecule has 1 fully saturated rings. The molecule has 6 nitrogen and oxygen atoms in total. The molecule has 0 radical (unpaired) electrons. The monoisotopic (exact) mass is 377 g/mol. The summed E-state index contributed by atoms with van der Waals surface area (Å²) >= 11 is 0. The number of methoxy groups -OCH3 is 1. The topological polar surface area (TPSA) is 65.1 Å². The van der Waals surface area contributed by atoms with Crippen LogP contribution in [0.25, 0.3) is 0 Å². The molecule has 1 heterocycles. The van der Waals surface area contributed by atoms with Crippen LogP contribution in [0.3, 0.4) is 0 Å². The fourth-order valence-electron chi connectivity index (χ4n) is 3.18. The summed E-state index contributed by atoms with van der Waals surface area (Å²) in [6.45, 7) is 11.6. The molecule has 0 spiro atoms. The summed E-state index contributed by atoms with van der Waals surface area (Å²) in [5.41, 5.74) is -0.301. The molecule has 0 bridgehead atoms. The van der Waals surface area contributed by atoms with Gasteiger partial charge in [-0.25, -0.2) is 4.79 Å². The Kier molecular flexibility index (Phi) is 6.07. The Hall–Kier alpha value is -2.24. The lowest BCUT2D eigenvalue weighted by Gasteiger charge is -2.25. The molecular formula is C21H31NO5. The molecule has 0 aliphatic carbocycles. The van der Waals surface area contributed by atoms with Gasteiger partial charge in [-0.2, -0.15) is 0 Å². The number of benzene rings is 1. The van der Waals surface area contributed by atoms with Crippen molar-refractivity contribution >= 4 is 12.1 Å². The largest absolute Gasteiger partial charge is 0.496 e. The van der Waals surface area contributed by atoms with Gasteiger partial charge in [0, 0.05) is 19.0 Å². The van der Waals surface area contributed by atoms with E-state index in [0.29, 0.717) is 12.3 Å². The quantitative estimate of drug-likeness (QED) is 0.745. The van der Waals surface area contributed by atoms with E-state index in [0.717, 1.165) is 5.56 Å². The average molecular weight is 377 g/mol. The molecule has 150 valence electrons. The van der Waals surface area contributed by atoms with Crippen molar-refractivity contribution in [2.24, 2.45) is 5.92 Å². The second-order valence-electron chi connectivity index (χ2n) is 8.87. The summed E-state index contributed by atoms with van der Waals surface area (Å²) in [5.74, 6) is -0.317. The number of carbonyl (C=O) groups excluding carboxylic acids is 2. The third-order valence-corrected chi connectivity index (χ3v) is 4.22. The third-order valence-electron chi connectivity index (χ3n) is 4.22. The summed E-state index contributed by atoms with van der Waals surface area (Å²) in [5, 5.41) is 0. The molecule has 2 rings (SSSR count). The summed E-state index contributed by atoms with van der Waals surface area (Å²) in [6.07, 6.45) is -0.423. The minimum Gasteiger partial charge on any atom is -0.496 e. The van der Waals surface area contributed by atoms with Crippen molar-refractivity contribution in [2.45, 2.75) is 58.7 Å². The summed E-state index contributed by atoms with van der Waals surface area (Å²) in [4.78, 5) is 27.0. The molecule has 2 atom stereocenters. The number of ether oxygens (including phenoxy) is 3. The van der Waals surface area contributed by atoms with Crippen LogP contribution in [0.15, 0.2) is 24.3 Å². The number of para-hydroxylation sites is 1. The van der Waals surface area contributed by atoms with E-state index in [-0.39, 0.29) is 18.4 Å². The number of nitrogens with zero attached hydrogens (tertiary/aromatic N) is 1. The van der Waals surface area contributed by atoms with Crippen LogP contribution in [0.2, 0.25) is 0 Å². The second-order valence-corrected chi connectivity index (χ2v) is 8.87. The van der Waals surface area contributed by atoms with Gasteiger partial charge >= 0.3 is 12.1 Å². The highest BCUT2D eigenvalue weighted by Gasteiger charge is 2.44. The molecule has 1 saturated heterocycles. The van der Waals surface area contributed by atoms with Crippen LogP contribution in [0.1, 0.15) is 53.0 Å². The Bertz CT molecular complexity index is 687. The average Bonchev–Trinajstić information content (AvgIpc) is 2.97. The van der Waals surface area contributed by atoms with Gasteiger partial charge in [0.25, 0.3) is 0 Å². The van der Waals surface area contributed by atoms with Crippen molar-refractivity contribution in [2.75, 3.05) is 20.2 Å². The lowest BCUT2D eigenvalue weighted by Crippen LogP contribution is -2.36. The summed E-state index contributed by atoms with van der Waals surface area (Å²) in [7, 11) is 1.60. The SMILES string of the molecule is COc1ccccc1C1CN(C(=O)OC(C)(C)C)CC1C(=O)OC(C)(C)C. The van der Waals surface area contributed by atoms with Crippen molar-refractivity contribution in [3.05, 3.63) is 29.8 Å². The normalized spacial score (nSPS) is 20.3. The van der Waals surface area contributed by atoms with Crippen LogP contribution < -0.4 is 4.74 Å². The standard InChI is InChI=1S/C21H31NO5/c1-20(2,3)26-18(23)16-13-22(19(24)27-21(4,5)6)12-15(16)14-10-8-9-11-17(14)25-7/h8-11,15-16H,12-13H2,1-7H3. The molecule has 2 unspecified atom stereocenters. The fourth-order valence-corrected chi connectivity index (χ4v) is 3.18. The maximum absolute atomic E-state index is 12.9. The fraction of sp³-hybridized carbons (Fsp3) is 0.619. The molecule has 1 aromatic rings. The van der Waals surface area contributed by atoms with Crippen LogP contribution in [0, 0.1) is 5.92 Å². The number of likely N-dealkylation sites (tertiary alicyclic amines) is 1. The van der Waals surface area contributed by atoms with Crippen LogP contribution >= 0.6 is 0 Å². The minimum absolute atomic E-state index is 0.219. The maximum atomic E-state index is 12.9. The molecule has 1 aromatic carbocycles. The number of carbonyl (C=O) groups is 2. The van der Waals surface area contributed by atoms with Crippen LogP contribution in [0.5, 0.6) is 5.75 Å². The van der Waals surface area contributed by atoms with Gasteiger partial charge in [0.2, 0.25) is 0 Å². The van der Waals surface area contributed by atoms with E-state index in [1.807, 2.05) is 65.8 Å². The Morgan fingerprint density at radius 1 is 0.963 bits per heavy atom.